The fourth-order valence-electron chi connectivity index (χ4n) is 3.21. The predicted molar refractivity (Wildman–Crippen MR) is 107 cm³/mol. The van der Waals surface area contributed by atoms with Gasteiger partial charge >= 0.3 is 0 Å². The van der Waals surface area contributed by atoms with Crippen LogP contribution in [-0.4, -0.2) is 20.7 Å². The molecular formula is C22H23N3O2. The third-order valence-corrected chi connectivity index (χ3v) is 4.40. The normalized spacial score (nSPS) is 11.3. The van der Waals surface area contributed by atoms with Crippen molar-refractivity contribution in [2.24, 2.45) is 0 Å². The summed E-state index contributed by atoms with van der Waals surface area (Å²) in [6.45, 7) is 6.37. The predicted octanol–water partition coefficient (Wildman–Crippen LogP) is 4.63. The topological polar surface area (TPSA) is 67.2 Å². The lowest BCUT2D eigenvalue weighted by atomic mass is 10.1. The van der Waals surface area contributed by atoms with Crippen molar-refractivity contribution in [3.05, 3.63) is 71.9 Å². The number of hydroxylamine groups is 1. The molecular weight excluding hydrogens is 338 g/mol. The van der Waals surface area contributed by atoms with Crippen molar-refractivity contribution in [3.8, 4) is 22.6 Å². The maximum absolute atomic E-state index is 11.2. The molecule has 0 atom stereocenters. The van der Waals surface area contributed by atoms with Crippen LogP contribution in [0.25, 0.3) is 28.7 Å². The highest BCUT2D eigenvalue weighted by molar-refractivity contribution is 5.91. The van der Waals surface area contributed by atoms with Gasteiger partial charge in [-0.25, -0.2) is 10.5 Å². The Morgan fingerprint density at radius 3 is 2.48 bits per heavy atom. The van der Waals surface area contributed by atoms with Crippen LogP contribution in [-0.2, 0) is 4.79 Å². The summed E-state index contributed by atoms with van der Waals surface area (Å²) in [6, 6.07) is 18.2. The van der Waals surface area contributed by atoms with E-state index in [9.17, 15) is 4.79 Å². The summed E-state index contributed by atoms with van der Waals surface area (Å²) >= 11 is 0. The molecule has 0 saturated carbocycles. The maximum atomic E-state index is 11.2. The van der Waals surface area contributed by atoms with Gasteiger partial charge in [0.05, 0.1) is 5.69 Å². The van der Waals surface area contributed by atoms with Gasteiger partial charge in [0.25, 0.3) is 5.91 Å². The molecule has 0 aliphatic carbocycles. The van der Waals surface area contributed by atoms with Crippen molar-refractivity contribution in [3.63, 3.8) is 0 Å². The van der Waals surface area contributed by atoms with Crippen LogP contribution in [0.3, 0.4) is 0 Å². The second-order valence-corrected chi connectivity index (χ2v) is 6.63. The van der Waals surface area contributed by atoms with Gasteiger partial charge in [0.2, 0.25) is 0 Å². The van der Waals surface area contributed by atoms with E-state index >= 15 is 0 Å². The van der Waals surface area contributed by atoms with Gasteiger partial charge < -0.3 is 4.57 Å². The second-order valence-electron chi connectivity index (χ2n) is 6.63. The molecule has 3 rings (SSSR count). The molecule has 0 fully saturated rings. The van der Waals surface area contributed by atoms with Crippen LogP contribution in [0.15, 0.2) is 60.7 Å². The fraction of sp³-hybridized carbons (Fsp3) is 0.182. The first-order valence-corrected chi connectivity index (χ1v) is 8.88. The van der Waals surface area contributed by atoms with Gasteiger partial charge in [-0.1, -0.05) is 48.5 Å². The van der Waals surface area contributed by atoms with Gasteiger partial charge in [-0.05, 0) is 38.5 Å². The van der Waals surface area contributed by atoms with E-state index in [1.54, 1.807) is 11.6 Å². The summed E-state index contributed by atoms with van der Waals surface area (Å²) in [7, 11) is 0. The lowest BCUT2D eigenvalue weighted by molar-refractivity contribution is -0.124. The van der Waals surface area contributed by atoms with Gasteiger partial charge in [0.15, 0.2) is 0 Å². The fourth-order valence-corrected chi connectivity index (χ4v) is 3.21. The molecule has 5 nitrogen and oxygen atoms in total. The summed E-state index contributed by atoms with van der Waals surface area (Å²) in [6.07, 6.45) is 2.94. The molecule has 5 heteroatoms. The van der Waals surface area contributed by atoms with E-state index in [-0.39, 0.29) is 6.04 Å². The van der Waals surface area contributed by atoms with E-state index in [1.807, 2.05) is 42.5 Å². The summed E-state index contributed by atoms with van der Waals surface area (Å²) < 4.78 is 2.23. The Balaban J connectivity index is 2.09. The number of nitrogens with one attached hydrogen (secondary N) is 1. The number of benzene rings is 2. The Labute approximate surface area is 159 Å². The molecule has 1 aromatic heterocycles. The SMILES string of the molecule is Cc1c(-c2ccccc2)nc(-c2cccc(/C=C/C(=O)NO)c2)n1C(C)C. The zero-order chi connectivity index (χ0) is 19.4. The number of hydrogen-bond donors (Lipinski definition) is 2. The Kier molecular flexibility index (Phi) is 5.52. The standard InChI is InChI=1S/C22H23N3O2/c1-15(2)25-16(3)21(18-9-5-4-6-10-18)23-22(25)19-11-7-8-17(14-19)12-13-20(26)24-27/h4-15,27H,1-3H3,(H,24,26)/b13-12+. The Morgan fingerprint density at radius 1 is 1.11 bits per heavy atom. The third-order valence-electron chi connectivity index (χ3n) is 4.40. The van der Waals surface area contributed by atoms with E-state index in [4.69, 9.17) is 10.2 Å². The minimum Gasteiger partial charge on any atom is -0.325 e. The quantitative estimate of drug-likeness (QED) is 0.396. The van der Waals surface area contributed by atoms with E-state index in [0.717, 1.165) is 33.9 Å². The number of aromatic nitrogens is 2. The van der Waals surface area contributed by atoms with Crippen LogP contribution in [0, 0.1) is 6.92 Å². The molecule has 2 aromatic carbocycles. The molecule has 0 spiro atoms. The van der Waals surface area contributed by atoms with Crippen molar-refractivity contribution >= 4 is 12.0 Å². The highest BCUT2D eigenvalue weighted by Crippen LogP contribution is 2.31. The van der Waals surface area contributed by atoms with Gasteiger partial charge in [-0.15, -0.1) is 0 Å². The molecule has 0 radical (unpaired) electrons. The number of hydrogen-bond acceptors (Lipinski definition) is 3. The molecule has 3 aromatic rings. The van der Waals surface area contributed by atoms with Crippen molar-refractivity contribution in [2.75, 3.05) is 0 Å². The van der Waals surface area contributed by atoms with E-state index < -0.39 is 5.91 Å². The van der Waals surface area contributed by atoms with Crippen LogP contribution < -0.4 is 5.48 Å². The second kappa shape index (κ2) is 8.01. The first-order chi connectivity index (χ1) is 13.0. The highest BCUT2D eigenvalue weighted by atomic mass is 16.5. The molecule has 0 aliphatic heterocycles. The number of rotatable bonds is 5. The van der Waals surface area contributed by atoms with Crippen LogP contribution in [0.1, 0.15) is 31.1 Å². The van der Waals surface area contributed by atoms with Crippen molar-refractivity contribution in [1.29, 1.82) is 0 Å². The van der Waals surface area contributed by atoms with Gasteiger partial charge in [-0.3, -0.25) is 10.0 Å². The summed E-state index contributed by atoms with van der Waals surface area (Å²) in [5.74, 6) is 0.328. The largest absolute Gasteiger partial charge is 0.325 e. The molecule has 2 N–H and O–H groups in total. The molecule has 0 unspecified atom stereocenters. The Morgan fingerprint density at radius 2 is 1.81 bits per heavy atom. The summed E-state index contributed by atoms with van der Waals surface area (Å²) in [5.41, 5.74) is 6.60. The van der Waals surface area contributed by atoms with Crippen LogP contribution in [0.2, 0.25) is 0 Å². The maximum Gasteiger partial charge on any atom is 0.267 e. The third kappa shape index (κ3) is 3.99. The smallest absolute Gasteiger partial charge is 0.267 e. The molecule has 0 saturated heterocycles. The summed E-state index contributed by atoms with van der Waals surface area (Å²) in [4.78, 5) is 16.2. The monoisotopic (exact) mass is 361 g/mol. The molecule has 27 heavy (non-hydrogen) atoms. The lowest BCUT2D eigenvalue weighted by Gasteiger charge is -2.14. The van der Waals surface area contributed by atoms with Crippen molar-refractivity contribution in [1.82, 2.24) is 15.0 Å². The van der Waals surface area contributed by atoms with Crippen LogP contribution in [0.4, 0.5) is 0 Å². The minimum absolute atomic E-state index is 0.254. The molecule has 0 bridgehead atoms. The first kappa shape index (κ1) is 18.6. The number of imidazole rings is 1. The number of nitrogens with zero attached hydrogens (tertiary/aromatic N) is 2. The lowest BCUT2D eigenvalue weighted by Crippen LogP contribution is -2.14. The number of amides is 1. The average molecular weight is 361 g/mol. The molecule has 138 valence electrons. The van der Waals surface area contributed by atoms with Crippen molar-refractivity contribution < 1.29 is 10.0 Å². The summed E-state index contributed by atoms with van der Waals surface area (Å²) in [5, 5.41) is 8.62. The van der Waals surface area contributed by atoms with Gasteiger partial charge in [0.1, 0.15) is 5.82 Å². The van der Waals surface area contributed by atoms with Gasteiger partial charge in [0, 0.05) is 28.9 Å². The van der Waals surface area contributed by atoms with Crippen LogP contribution in [0.5, 0.6) is 0 Å². The highest BCUT2D eigenvalue weighted by Gasteiger charge is 2.18. The zero-order valence-corrected chi connectivity index (χ0v) is 15.7. The van der Waals surface area contributed by atoms with Gasteiger partial charge in [-0.2, -0.15) is 0 Å². The molecule has 0 aliphatic rings. The van der Waals surface area contributed by atoms with E-state index in [0.29, 0.717) is 0 Å². The molecule has 1 heterocycles. The van der Waals surface area contributed by atoms with Crippen LogP contribution >= 0.6 is 0 Å². The number of carbonyl (C=O) groups is 1. The minimum atomic E-state index is -0.564. The average Bonchev–Trinajstić information content (AvgIpc) is 3.04. The Bertz CT molecular complexity index is 972. The van der Waals surface area contributed by atoms with Crippen molar-refractivity contribution in [2.45, 2.75) is 26.8 Å². The van der Waals surface area contributed by atoms with E-state index in [2.05, 4.69) is 37.5 Å². The zero-order valence-electron chi connectivity index (χ0n) is 15.7. The Hall–Kier alpha value is -3.18. The number of carbonyl (C=O) groups excluding carboxylic acids is 1. The molecule has 1 amide bonds. The first-order valence-electron chi connectivity index (χ1n) is 8.88. The van der Waals surface area contributed by atoms with E-state index in [1.165, 1.54) is 6.08 Å².